The van der Waals surface area contributed by atoms with Crippen molar-refractivity contribution in [2.75, 3.05) is 31.6 Å². The van der Waals surface area contributed by atoms with Crippen LogP contribution in [0.5, 0.6) is 0 Å². The van der Waals surface area contributed by atoms with Crippen molar-refractivity contribution >= 4 is 15.7 Å². The molecule has 0 aliphatic carbocycles. The molecular weight excluding hydrogens is 312 g/mol. The lowest BCUT2D eigenvalue weighted by Crippen LogP contribution is -2.43. The van der Waals surface area contributed by atoms with Crippen LogP contribution in [0.25, 0.3) is 0 Å². The molecule has 0 spiro atoms. The summed E-state index contributed by atoms with van der Waals surface area (Å²) in [5.74, 6) is -0.539. The molecule has 1 unspecified atom stereocenters. The standard InChI is InChI=1S/C17H26N2O3S/c1-18-13-16-10-5-11-19(16)17(20)14-23(21,22)12-6-9-15-7-3-2-4-8-15/h2-4,7-8,16,18H,5-6,9-14H2,1H3. The highest BCUT2D eigenvalue weighted by Crippen LogP contribution is 2.17. The lowest BCUT2D eigenvalue weighted by atomic mass is 10.1. The fraction of sp³-hybridized carbons (Fsp3) is 0.588. The van der Waals surface area contributed by atoms with Crippen molar-refractivity contribution in [3.8, 4) is 0 Å². The molecule has 1 saturated heterocycles. The monoisotopic (exact) mass is 338 g/mol. The van der Waals surface area contributed by atoms with E-state index in [4.69, 9.17) is 0 Å². The second kappa shape index (κ2) is 8.45. The molecule has 5 nitrogen and oxygen atoms in total. The molecule has 1 aromatic carbocycles. The van der Waals surface area contributed by atoms with Crippen LogP contribution in [0.1, 0.15) is 24.8 Å². The Kier molecular flexibility index (Phi) is 6.59. The van der Waals surface area contributed by atoms with Crippen molar-refractivity contribution in [3.05, 3.63) is 35.9 Å². The molecule has 0 saturated carbocycles. The summed E-state index contributed by atoms with van der Waals surface area (Å²) in [5, 5.41) is 3.07. The first-order chi connectivity index (χ1) is 11.0. The third kappa shape index (κ3) is 5.62. The molecule has 0 radical (unpaired) electrons. The molecular formula is C17H26N2O3S. The minimum Gasteiger partial charge on any atom is -0.338 e. The van der Waals surface area contributed by atoms with Crippen LogP contribution in [0.3, 0.4) is 0 Å². The summed E-state index contributed by atoms with van der Waals surface area (Å²) in [5.41, 5.74) is 1.13. The van der Waals surface area contributed by atoms with Gasteiger partial charge in [-0.1, -0.05) is 30.3 Å². The molecule has 0 bridgehead atoms. The molecule has 1 atom stereocenters. The third-order valence-corrected chi connectivity index (χ3v) is 5.84. The van der Waals surface area contributed by atoms with Gasteiger partial charge >= 0.3 is 0 Å². The number of hydrogen-bond acceptors (Lipinski definition) is 4. The number of likely N-dealkylation sites (tertiary alicyclic amines) is 1. The predicted octanol–water partition coefficient (Wildman–Crippen LogP) is 1.24. The van der Waals surface area contributed by atoms with Gasteiger partial charge in [-0.2, -0.15) is 0 Å². The highest BCUT2D eigenvalue weighted by Gasteiger charge is 2.30. The van der Waals surface area contributed by atoms with Crippen LogP contribution in [0.4, 0.5) is 0 Å². The second-order valence-corrected chi connectivity index (χ2v) is 8.31. The Morgan fingerprint density at radius 3 is 2.74 bits per heavy atom. The number of benzene rings is 1. The molecule has 23 heavy (non-hydrogen) atoms. The molecule has 1 heterocycles. The van der Waals surface area contributed by atoms with Crippen molar-refractivity contribution in [1.29, 1.82) is 0 Å². The Morgan fingerprint density at radius 2 is 2.04 bits per heavy atom. The van der Waals surface area contributed by atoms with Crippen LogP contribution in [-0.2, 0) is 21.1 Å². The summed E-state index contributed by atoms with van der Waals surface area (Å²) in [4.78, 5) is 14.0. The molecule has 1 N–H and O–H groups in total. The molecule has 1 aliphatic heterocycles. The van der Waals surface area contributed by atoms with Crippen LogP contribution in [0.2, 0.25) is 0 Å². The number of nitrogens with one attached hydrogen (secondary N) is 1. The Labute approximate surface area is 139 Å². The number of carbonyl (C=O) groups is 1. The minimum atomic E-state index is -3.34. The first kappa shape index (κ1) is 17.9. The fourth-order valence-corrected chi connectivity index (χ4v) is 4.37. The number of aryl methyl sites for hydroxylation is 1. The average Bonchev–Trinajstić information content (AvgIpc) is 2.96. The number of sulfone groups is 1. The number of hydrogen-bond donors (Lipinski definition) is 1. The van der Waals surface area contributed by atoms with Gasteiger partial charge in [-0.05, 0) is 38.3 Å². The van der Waals surface area contributed by atoms with Crippen LogP contribution >= 0.6 is 0 Å². The van der Waals surface area contributed by atoms with E-state index in [1.807, 2.05) is 37.4 Å². The number of carbonyl (C=O) groups excluding carboxylic acids is 1. The van der Waals surface area contributed by atoms with E-state index in [9.17, 15) is 13.2 Å². The van der Waals surface area contributed by atoms with Crippen molar-refractivity contribution < 1.29 is 13.2 Å². The maximum absolute atomic E-state index is 12.3. The van der Waals surface area contributed by atoms with Gasteiger partial charge in [0.25, 0.3) is 0 Å². The molecule has 2 rings (SSSR count). The summed E-state index contributed by atoms with van der Waals surface area (Å²) in [6.45, 7) is 1.39. The maximum atomic E-state index is 12.3. The summed E-state index contributed by atoms with van der Waals surface area (Å²) in [6, 6.07) is 9.95. The van der Waals surface area contributed by atoms with E-state index in [1.165, 1.54) is 0 Å². The van der Waals surface area contributed by atoms with Gasteiger partial charge in [0.1, 0.15) is 5.75 Å². The molecule has 1 amide bonds. The second-order valence-electron chi connectivity index (χ2n) is 6.12. The van der Waals surface area contributed by atoms with Gasteiger partial charge in [0.05, 0.1) is 5.75 Å². The molecule has 0 aromatic heterocycles. The minimum absolute atomic E-state index is 0.0676. The number of amides is 1. The Balaban J connectivity index is 1.82. The van der Waals surface area contributed by atoms with E-state index in [0.29, 0.717) is 13.0 Å². The van der Waals surface area contributed by atoms with E-state index < -0.39 is 9.84 Å². The molecule has 128 valence electrons. The van der Waals surface area contributed by atoms with E-state index in [1.54, 1.807) is 4.90 Å². The zero-order valence-corrected chi connectivity index (χ0v) is 14.5. The maximum Gasteiger partial charge on any atom is 0.238 e. The highest BCUT2D eigenvalue weighted by atomic mass is 32.2. The lowest BCUT2D eigenvalue weighted by Gasteiger charge is -2.24. The smallest absolute Gasteiger partial charge is 0.238 e. The quantitative estimate of drug-likeness (QED) is 0.774. The summed E-state index contributed by atoms with van der Waals surface area (Å²) in [7, 11) is -1.49. The van der Waals surface area contributed by atoms with Crippen LogP contribution < -0.4 is 5.32 Å². The molecule has 1 aliphatic rings. The SMILES string of the molecule is CNCC1CCCN1C(=O)CS(=O)(=O)CCCc1ccccc1. The van der Waals surface area contributed by atoms with Crippen molar-refractivity contribution in [2.45, 2.75) is 31.7 Å². The predicted molar refractivity (Wildman–Crippen MR) is 92.1 cm³/mol. The Morgan fingerprint density at radius 1 is 1.30 bits per heavy atom. The summed E-state index contributed by atoms with van der Waals surface area (Å²) >= 11 is 0. The van der Waals surface area contributed by atoms with Crippen molar-refractivity contribution in [2.24, 2.45) is 0 Å². The normalized spacial score (nSPS) is 18.3. The van der Waals surface area contributed by atoms with E-state index in [0.717, 1.165) is 31.4 Å². The van der Waals surface area contributed by atoms with Crippen LogP contribution in [0.15, 0.2) is 30.3 Å². The molecule has 1 aromatic rings. The van der Waals surface area contributed by atoms with E-state index >= 15 is 0 Å². The largest absolute Gasteiger partial charge is 0.338 e. The Bertz CT molecular complexity index is 602. The topological polar surface area (TPSA) is 66.5 Å². The lowest BCUT2D eigenvalue weighted by molar-refractivity contribution is -0.129. The number of rotatable bonds is 8. The van der Waals surface area contributed by atoms with Gasteiger partial charge in [-0.25, -0.2) is 8.42 Å². The van der Waals surface area contributed by atoms with Gasteiger partial charge in [0.15, 0.2) is 9.84 Å². The van der Waals surface area contributed by atoms with E-state index in [-0.39, 0.29) is 23.5 Å². The highest BCUT2D eigenvalue weighted by molar-refractivity contribution is 7.92. The third-order valence-electron chi connectivity index (χ3n) is 4.24. The van der Waals surface area contributed by atoms with Crippen LogP contribution in [0, 0.1) is 0 Å². The number of nitrogens with zero attached hydrogens (tertiary/aromatic N) is 1. The first-order valence-electron chi connectivity index (χ1n) is 8.20. The van der Waals surface area contributed by atoms with Gasteiger partial charge in [0.2, 0.25) is 5.91 Å². The summed E-state index contributed by atoms with van der Waals surface area (Å²) in [6.07, 6.45) is 3.17. The molecule has 1 fully saturated rings. The fourth-order valence-electron chi connectivity index (χ4n) is 3.10. The van der Waals surface area contributed by atoms with Gasteiger partial charge < -0.3 is 10.2 Å². The van der Waals surface area contributed by atoms with Gasteiger partial charge in [0, 0.05) is 19.1 Å². The Hall–Kier alpha value is -1.40. The zero-order valence-electron chi connectivity index (χ0n) is 13.7. The average molecular weight is 338 g/mol. The van der Waals surface area contributed by atoms with Crippen LogP contribution in [-0.4, -0.2) is 56.9 Å². The molecule has 6 heteroatoms. The zero-order chi connectivity index (χ0) is 16.7. The first-order valence-corrected chi connectivity index (χ1v) is 10.0. The number of likely N-dealkylation sites (N-methyl/N-ethyl adjacent to an activating group) is 1. The van der Waals surface area contributed by atoms with Crippen molar-refractivity contribution in [1.82, 2.24) is 10.2 Å². The van der Waals surface area contributed by atoms with Gasteiger partial charge in [-0.3, -0.25) is 4.79 Å². The summed E-state index contributed by atoms with van der Waals surface area (Å²) < 4.78 is 24.4. The van der Waals surface area contributed by atoms with Crippen molar-refractivity contribution in [3.63, 3.8) is 0 Å². The van der Waals surface area contributed by atoms with Gasteiger partial charge in [-0.15, -0.1) is 0 Å². The van der Waals surface area contributed by atoms with E-state index in [2.05, 4.69) is 5.32 Å².